The molecule has 136 valence electrons. The monoisotopic (exact) mass is 346 g/mol. The molecule has 2 fully saturated rings. The van der Waals surface area contributed by atoms with Crippen molar-refractivity contribution in [3.05, 3.63) is 0 Å². The Balaban J connectivity index is 0.00000264. The van der Waals surface area contributed by atoms with Crippen molar-refractivity contribution in [2.45, 2.75) is 51.6 Å². The van der Waals surface area contributed by atoms with Crippen molar-refractivity contribution in [2.75, 3.05) is 52.9 Å². The number of nitrogens with one attached hydrogen (secondary N) is 1. The molecule has 0 aromatic rings. The second-order valence-electron chi connectivity index (χ2n) is 6.94. The van der Waals surface area contributed by atoms with E-state index in [-0.39, 0.29) is 12.4 Å². The molecule has 2 unspecified atom stereocenters. The van der Waals surface area contributed by atoms with Gasteiger partial charge in [-0.3, -0.25) is 14.6 Å². The molecule has 2 heterocycles. The average molecular weight is 347 g/mol. The Morgan fingerprint density at radius 3 is 2.22 bits per heavy atom. The van der Waals surface area contributed by atoms with E-state index in [1.54, 1.807) is 0 Å². The minimum Gasteiger partial charge on any atom is -0.340 e. The van der Waals surface area contributed by atoms with E-state index in [0.29, 0.717) is 12.3 Å². The van der Waals surface area contributed by atoms with Crippen molar-refractivity contribution < 1.29 is 4.79 Å². The highest BCUT2D eigenvalue weighted by molar-refractivity contribution is 5.85. The van der Waals surface area contributed by atoms with Crippen LogP contribution in [-0.2, 0) is 4.79 Å². The van der Waals surface area contributed by atoms with Gasteiger partial charge in [-0.15, -0.1) is 12.4 Å². The first-order valence-corrected chi connectivity index (χ1v) is 9.02. The molecular weight excluding hydrogens is 312 g/mol. The van der Waals surface area contributed by atoms with E-state index < -0.39 is 0 Å². The second kappa shape index (κ2) is 10.5. The first kappa shape index (κ1) is 20.7. The fourth-order valence-corrected chi connectivity index (χ4v) is 3.74. The van der Waals surface area contributed by atoms with Gasteiger partial charge in [-0.1, -0.05) is 0 Å². The van der Waals surface area contributed by atoms with Crippen LogP contribution in [0.25, 0.3) is 0 Å². The molecule has 0 saturated carbocycles. The summed E-state index contributed by atoms with van der Waals surface area (Å²) < 4.78 is 0. The van der Waals surface area contributed by atoms with E-state index in [9.17, 15) is 4.79 Å². The van der Waals surface area contributed by atoms with Crippen molar-refractivity contribution >= 4 is 18.3 Å². The van der Waals surface area contributed by atoms with Crippen LogP contribution in [0, 0.1) is 0 Å². The molecule has 5 nitrogen and oxygen atoms in total. The van der Waals surface area contributed by atoms with Crippen LogP contribution in [-0.4, -0.2) is 85.6 Å². The third-order valence-corrected chi connectivity index (χ3v) is 5.35. The summed E-state index contributed by atoms with van der Waals surface area (Å²) in [6.07, 6.45) is 4.32. The zero-order chi connectivity index (χ0) is 15.9. The van der Waals surface area contributed by atoms with Crippen molar-refractivity contribution in [3.8, 4) is 0 Å². The predicted molar refractivity (Wildman–Crippen MR) is 98.3 cm³/mol. The van der Waals surface area contributed by atoms with E-state index in [1.165, 1.54) is 19.4 Å². The number of hydrogen-bond donors (Lipinski definition) is 1. The molecule has 0 radical (unpaired) electrons. The maximum absolute atomic E-state index is 12.1. The standard InChI is InChI=1S/C17H34N4O.ClH/c1-15-6-7-16(2)21(15)14-11-19-9-12-20(13-10-19)17(22)5-4-8-18-3;/h15-16,18H,4-14H2,1-3H3;1H. The van der Waals surface area contributed by atoms with Gasteiger partial charge in [0.1, 0.15) is 0 Å². The van der Waals surface area contributed by atoms with Crippen molar-refractivity contribution in [1.82, 2.24) is 20.0 Å². The summed E-state index contributed by atoms with van der Waals surface area (Å²) >= 11 is 0. The summed E-state index contributed by atoms with van der Waals surface area (Å²) in [7, 11) is 1.94. The summed E-state index contributed by atoms with van der Waals surface area (Å²) in [5.74, 6) is 0.330. The quantitative estimate of drug-likeness (QED) is 0.708. The maximum Gasteiger partial charge on any atom is 0.222 e. The van der Waals surface area contributed by atoms with Gasteiger partial charge in [0, 0.05) is 57.8 Å². The molecule has 6 heteroatoms. The summed E-state index contributed by atoms with van der Waals surface area (Å²) in [5, 5.41) is 3.10. The molecular formula is C17H35ClN4O. The number of nitrogens with zero attached hydrogens (tertiary/aromatic N) is 3. The lowest BCUT2D eigenvalue weighted by atomic mass is 10.2. The predicted octanol–water partition coefficient (Wildman–Crippen LogP) is 1.42. The first-order valence-electron chi connectivity index (χ1n) is 9.02. The van der Waals surface area contributed by atoms with Gasteiger partial charge in [0.25, 0.3) is 0 Å². The lowest BCUT2D eigenvalue weighted by Crippen LogP contribution is -2.50. The molecule has 2 saturated heterocycles. The number of halogens is 1. The molecule has 0 aromatic heterocycles. The highest BCUT2D eigenvalue weighted by atomic mass is 35.5. The lowest BCUT2D eigenvalue weighted by Gasteiger charge is -2.36. The summed E-state index contributed by atoms with van der Waals surface area (Å²) in [6, 6.07) is 1.48. The van der Waals surface area contributed by atoms with Gasteiger partial charge in [0.05, 0.1) is 0 Å². The molecule has 2 aliphatic rings. The number of hydrogen-bond acceptors (Lipinski definition) is 4. The molecule has 2 atom stereocenters. The van der Waals surface area contributed by atoms with Gasteiger partial charge in [-0.25, -0.2) is 0 Å². The minimum absolute atomic E-state index is 0. The van der Waals surface area contributed by atoms with Crippen LogP contribution in [0.5, 0.6) is 0 Å². The lowest BCUT2D eigenvalue weighted by molar-refractivity contribution is -0.133. The van der Waals surface area contributed by atoms with Crippen LogP contribution in [0.4, 0.5) is 0 Å². The fraction of sp³-hybridized carbons (Fsp3) is 0.941. The first-order chi connectivity index (χ1) is 10.6. The highest BCUT2D eigenvalue weighted by Gasteiger charge is 2.28. The third-order valence-electron chi connectivity index (χ3n) is 5.35. The van der Waals surface area contributed by atoms with Gasteiger partial charge in [0.2, 0.25) is 5.91 Å². The van der Waals surface area contributed by atoms with E-state index in [4.69, 9.17) is 0 Å². The van der Waals surface area contributed by atoms with E-state index in [1.807, 2.05) is 11.9 Å². The van der Waals surface area contributed by atoms with Gasteiger partial charge < -0.3 is 10.2 Å². The molecule has 2 aliphatic heterocycles. The number of carbonyl (C=O) groups excluding carboxylic acids is 1. The molecule has 0 spiro atoms. The summed E-state index contributed by atoms with van der Waals surface area (Å²) in [6.45, 7) is 11.8. The molecule has 2 rings (SSSR count). The molecule has 0 bridgehead atoms. The van der Waals surface area contributed by atoms with Crippen molar-refractivity contribution in [1.29, 1.82) is 0 Å². The normalized spacial score (nSPS) is 26.3. The topological polar surface area (TPSA) is 38.8 Å². The average Bonchev–Trinajstić information content (AvgIpc) is 2.84. The van der Waals surface area contributed by atoms with Crippen LogP contribution < -0.4 is 5.32 Å². The summed E-state index contributed by atoms with van der Waals surface area (Å²) in [4.78, 5) is 19.3. The van der Waals surface area contributed by atoms with Crippen LogP contribution in [0.2, 0.25) is 0 Å². The molecule has 23 heavy (non-hydrogen) atoms. The Morgan fingerprint density at radius 1 is 1.04 bits per heavy atom. The Labute approximate surface area is 148 Å². The van der Waals surface area contributed by atoms with Crippen LogP contribution in [0.15, 0.2) is 0 Å². The molecule has 1 N–H and O–H groups in total. The van der Waals surface area contributed by atoms with Crippen molar-refractivity contribution in [2.24, 2.45) is 0 Å². The minimum atomic E-state index is 0. The van der Waals surface area contributed by atoms with Crippen LogP contribution >= 0.6 is 12.4 Å². The third kappa shape index (κ3) is 6.22. The Kier molecular flexibility index (Phi) is 9.44. The number of piperazine rings is 1. The zero-order valence-electron chi connectivity index (χ0n) is 15.1. The SMILES string of the molecule is CNCCCC(=O)N1CCN(CCN2C(C)CCC2C)CC1.Cl. The maximum atomic E-state index is 12.1. The van der Waals surface area contributed by atoms with E-state index in [2.05, 4.69) is 29.0 Å². The van der Waals surface area contributed by atoms with Gasteiger partial charge >= 0.3 is 0 Å². The largest absolute Gasteiger partial charge is 0.340 e. The molecule has 1 amide bonds. The number of rotatable bonds is 7. The Bertz CT molecular complexity index is 337. The Morgan fingerprint density at radius 2 is 1.65 bits per heavy atom. The van der Waals surface area contributed by atoms with Gasteiger partial charge in [-0.2, -0.15) is 0 Å². The molecule has 0 aromatic carbocycles. The second-order valence-corrected chi connectivity index (χ2v) is 6.94. The Hall–Kier alpha value is -0.360. The van der Waals surface area contributed by atoms with Crippen LogP contribution in [0.3, 0.4) is 0 Å². The summed E-state index contributed by atoms with van der Waals surface area (Å²) in [5.41, 5.74) is 0. The molecule has 0 aliphatic carbocycles. The van der Waals surface area contributed by atoms with Crippen LogP contribution in [0.1, 0.15) is 39.5 Å². The van der Waals surface area contributed by atoms with Gasteiger partial charge in [-0.05, 0) is 46.7 Å². The van der Waals surface area contributed by atoms with Gasteiger partial charge in [0.15, 0.2) is 0 Å². The van der Waals surface area contributed by atoms with E-state index in [0.717, 1.165) is 57.8 Å². The number of amides is 1. The zero-order valence-corrected chi connectivity index (χ0v) is 15.9. The van der Waals surface area contributed by atoms with Crippen molar-refractivity contribution in [3.63, 3.8) is 0 Å². The fourth-order valence-electron chi connectivity index (χ4n) is 3.74. The number of likely N-dealkylation sites (tertiary alicyclic amines) is 1. The number of carbonyl (C=O) groups is 1. The van der Waals surface area contributed by atoms with E-state index >= 15 is 0 Å². The smallest absolute Gasteiger partial charge is 0.222 e. The highest BCUT2D eigenvalue weighted by Crippen LogP contribution is 2.22.